The minimum atomic E-state index is 0.287. The van der Waals surface area contributed by atoms with Crippen LogP contribution in [0.4, 0.5) is 0 Å². The van der Waals surface area contributed by atoms with Crippen LogP contribution in [0, 0.1) is 5.92 Å². The van der Waals surface area contributed by atoms with Gasteiger partial charge in [-0.2, -0.15) is 0 Å². The van der Waals surface area contributed by atoms with Crippen LogP contribution in [0.25, 0.3) is 0 Å². The van der Waals surface area contributed by atoms with E-state index in [1.165, 1.54) is 5.57 Å². The summed E-state index contributed by atoms with van der Waals surface area (Å²) in [5, 5.41) is 0. The molecule has 1 heteroatoms. The highest BCUT2D eigenvalue weighted by Crippen LogP contribution is 2.17. The highest BCUT2D eigenvalue weighted by Gasteiger charge is 2.09. The second-order valence-corrected chi connectivity index (χ2v) is 2.97. The van der Waals surface area contributed by atoms with Crippen LogP contribution in [0.2, 0.25) is 0 Å². The predicted octanol–water partition coefficient (Wildman–Crippen LogP) is 3.07. The van der Waals surface area contributed by atoms with Crippen molar-refractivity contribution in [3.05, 3.63) is 12.2 Å². The van der Waals surface area contributed by atoms with Gasteiger partial charge in [0.15, 0.2) is 0 Å². The molecular formula is C10H19N. The topological polar surface area (TPSA) is 12.4 Å². The smallest absolute Gasteiger partial charge is 0.0676 e. The molecule has 0 heterocycles. The molecule has 11 heavy (non-hydrogen) atoms. The van der Waals surface area contributed by atoms with E-state index in [-0.39, 0.29) is 6.04 Å². The van der Waals surface area contributed by atoms with Gasteiger partial charge in [-0.1, -0.05) is 26.0 Å². The average molecular weight is 153 g/mol. The summed E-state index contributed by atoms with van der Waals surface area (Å²) in [6.07, 6.45) is 3.00. The minimum Gasteiger partial charge on any atom is -0.290 e. The summed E-state index contributed by atoms with van der Waals surface area (Å²) in [7, 11) is 0. The van der Waals surface area contributed by atoms with Crippen molar-refractivity contribution in [3.63, 3.8) is 0 Å². The molecule has 0 saturated heterocycles. The molecule has 0 aliphatic carbocycles. The molecule has 0 aromatic heterocycles. The van der Waals surface area contributed by atoms with Gasteiger partial charge in [-0.15, -0.1) is 0 Å². The second kappa shape index (κ2) is 5.11. The molecule has 1 nitrogen and oxygen atoms in total. The molecule has 2 unspecified atom stereocenters. The normalized spacial score (nSPS) is 16.7. The van der Waals surface area contributed by atoms with Crippen LogP contribution in [-0.2, 0) is 0 Å². The number of hydrogen-bond acceptors (Lipinski definition) is 1. The summed E-state index contributed by atoms with van der Waals surface area (Å²) >= 11 is 0. The van der Waals surface area contributed by atoms with Crippen molar-refractivity contribution >= 4 is 6.21 Å². The van der Waals surface area contributed by atoms with Crippen molar-refractivity contribution in [1.29, 1.82) is 0 Å². The lowest BCUT2D eigenvalue weighted by molar-refractivity contribution is 0.606. The maximum atomic E-state index is 4.27. The molecular weight excluding hydrogens is 134 g/mol. The Kier molecular flexibility index (Phi) is 4.84. The molecule has 0 aromatic carbocycles. The second-order valence-electron chi connectivity index (χ2n) is 2.97. The van der Waals surface area contributed by atoms with E-state index in [4.69, 9.17) is 0 Å². The molecule has 0 rings (SSSR count). The Labute approximate surface area is 70.2 Å². The summed E-state index contributed by atoms with van der Waals surface area (Å²) in [4.78, 5) is 4.27. The van der Waals surface area contributed by atoms with Gasteiger partial charge in [-0.25, -0.2) is 0 Å². The van der Waals surface area contributed by atoms with Crippen LogP contribution in [0.1, 0.15) is 34.1 Å². The van der Waals surface area contributed by atoms with Crippen LogP contribution < -0.4 is 0 Å². The first-order chi connectivity index (χ1) is 5.13. The van der Waals surface area contributed by atoms with Gasteiger partial charge >= 0.3 is 0 Å². The zero-order valence-electron chi connectivity index (χ0n) is 8.09. The Morgan fingerprint density at radius 2 is 2.09 bits per heavy atom. The summed E-state index contributed by atoms with van der Waals surface area (Å²) < 4.78 is 0. The minimum absolute atomic E-state index is 0.287. The molecule has 64 valence electrons. The fourth-order valence-corrected chi connectivity index (χ4v) is 0.993. The van der Waals surface area contributed by atoms with Crippen LogP contribution in [-0.4, -0.2) is 12.3 Å². The van der Waals surface area contributed by atoms with Gasteiger partial charge in [0.2, 0.25) is 0 Å². The molecule has 0 N–H and O–H groups in total. The first-order valence-corrected chi connectivity index (χ1v) is 4.29. The molecule has 0 aliphatic heterocycles. The first kappa shape index (κ1) is 10.4. The van der Waals surface area contributed by atoms with Crippen molar-refractivity contribution < 1.29 is 0 Å². The van der Waals surface area contributed by atoms with Gasteiger partial charge in [0.1, 0.15) is 0 Å². The number of aliphatic imine (C=N–C) groups is 1. The molecule has 0 aliphatic rings. The molecule has 0 spiro atoms. The Hall–Kier alpha value is -0.590. The molecule has 2 atom stereocenters. The van der Waals surface area contributed by atoms with E-state index in [0.717, 1.165) is 6.42 Å². The van der Waals surface area contributed by atoms with Crippen molar-refractivity contribution in [2.75, 3.05) is 0 Å². The lowest BCUT2D eigenvalue weighted by Gasteiger charge is -2.15. The number of hydrogen-bond donors (Lipinski definition) is 0. The van der Waals surface area contributed by atoms with Crippen molar-refractivity contribution in [2.45, 2.75) is 40.2 Å². The van der Waals surface area contributed by atoms with Crippen LogP contribution in [0.5, 0.6) is 0 Å². The van der Waals surface area contributed by atoms with Gasteiger partial charge in [-0.3, -0.25) is 4.99 Å². The standard InChI is InChI=1S/C10H19N/c1-6-8(3)9(4)10(5)11-7-2/h7-8,10H,4,6H2,1-3,5H3. The molecule has 0 amide bonds. The largest absolute Gasteiger partial charge is 0.290 e. The third-order valence-electron chi connectivity index (χ3n) is 2.15. The summed E-state index contributed by atoms with van der Waals surface area (Å²) in [6.45, 7) is 12.4. The predicted molar refractivity (Wildman–Crippen MR) is 52.2 cm³/mol. The highest BCUT2D eigenvalue weighted by molar-refractivity contribution is 5.54. The highest BCUT2D eigenvalue weighted by atomic mass is 14.8. The summed E-state index contributed by atoms with van der Waals surface area (Å²) in [5.74, 6) is 0.591. The third kappa shape index (κ3) is 3.35. The zero-order chi connectivity index (χ0) is 8.85. The summed E-state index contributed by atoms with van der Waals surface area (Å²) in [6, 6.07) is 0.287. The van der Waals surface area contributed by atoms with Crippen molar-refractivity contribution in [1.82, 2.24) is 0 Å². The maximum absolute atomic E-state index is 4.27. The fourth-order valence-electron chi connectivity index (χ4n) is 0.993. The van der Waals surface area contributed by atoms with Crippen LogP contribution in [0.3, 0.4) is 0 Å². The van der Waals surface area contributed by atoms with Gasteiger partial charge in [0.05, 0.1) is 6.04 Å². The van der Waals surface area contributed by atoms with Crippen molar-refractivity contribution in [3.8, 4) is 0 Å². The van der Waals surface area contributed by atoms with E-state index in [0.29, 0.717) is 5.92 Å². The van der Waals surface area contributed by atoms with E-state index in [1.54, 1.807) is 0 Å². The maximum Gasteiger partial charge on any atom is 0.0676 e. The molecule has 0 radical (unpaired) electrons. The van der Waals surface area contributed by atoms with Gasteiger partial charge in [-0.05, 0) is 32.4 Å². The fraction of sp³-hybridized carbons (Fsp3) is 0.700. The van der Waals surface area contributed by atoms with Crippen molar-refractivity contribution in [2.24, 2.45) is 10.9 Å². The molecule has 0 saturated carbocycles. The van der Waals surface area contributed by atoms with Gasteiger partial charge in [0, 0.05) is 0 Å². The Bertz CT molecular complexity index is 147. The molecule has 0 aromatic rings. The Morgan fingerprint density at radius 1 is 1.55 bits per heavy atom. The first-order valence-electron chi connectivity index (χ1n) is 4.29. The molecule has 0 bridgehead atoms. The quantitative estimate of drug-likeness (QED) is 0.435. The zero-order valence-corrected chi connectivity index (χ0v) is 8.09. The number of nitrogens with zero attached hydrogens (tertiary/aromatic N) is 1. The van der Waals surface area contributed by atoms with E-state index < -0.39 is 0 Å². The molecule has 0 fully saturated rings. The lowest BCUT2D eigenvalue weighted by Crippen LogP contribution is -2.09. The average Bonchev–Trinajstić information content (AvgIpc) is 2.02. The van der Waals surface area contributed by atoms with E-state index >= 15 is 0 Å². The Morgan fingerprint density at radius 3 is 2.45 bits per heavy atom. The van der Waals surface area contributed by atoms with Crippen LogP contribution in [0.15, 0.2) is 17.1 Å². The van der Waals surface area contributed by atoms with E-state index in [9.17, 15) is 0 Å². The summed E-state index contributed by atoms with van der Waals surface area (Å²) in [5.41, 5.74) is 1.24. The van der Waals surface area contributed by atoms with E-state index in [2.05, 4.69) is 32.3 Å². The Balaban J connectivity index is 4.01. The third-order valence-corrected chi connectivity index (χ3v) is 2.15. The SMILES string of the molecule is C=C(C(C)CC)C(C)N=CC. The van der Waals surface area contributed by atoms with E-state index in [1.807, 2.05) is 13.1 Å². The lowest BCUT2D eigenvalue weighted by atomic mass is 9.95. The number of rotatable bonds is 4. The van der Waals surface area contributed by atoms with Gasteiger partial charge in [0.25, 0.3) is 0 Å². The monoisotopic (exact) mass is 153 g/mol. The van der Waals surface area contributed by atoms with Crippen LogP contribution >= 0.6 is 0 Å². The van der Waals surface area contributed by atoms with Gasteiger partial charge < -0.3 is 0 Å².